The van der Waals surface area contributed by atoms with Crippen LogP contribution >= 0.6 is 0 Å². The van der Waals surface area contributed by atoms with E-state index in [-0.39, 0.29) is 22.3 Å². The zero-order valence-electron chi connectivity index (χ0n) is 14.9. The van der Waals surface area contributed by atoms with Gasteiger partial charge in [0.05, 0.1) is 23.0 Å². The number of rotatable bonds is 5. The summed E-state index contributed by atoms with van der Waals surface area (Å²) in [6.45, 7) is 0. The summed E-state index contributed by atoms with van der Waals surface area (Å²) < 4.78 is 46.7. The summed E-state index contributed by atoms with van der Waals surface area (Å²) in [4.78, 5) is 8.08. The molecule has 2 aromatic carbocycles. The van der Waals surface area contributed by atoms with Crippen LogP contribution in [-0.2, 0) is 22.9 Å². The third-order valence-corrected chi connectivity index (χ3v) is 5.93. The van der Waals surface area contributed by atoms with Gasteiger partial charge in [-0.25, -0.2) is 22.8 Å². The first kappa shape index (κ1) is 18.4. The molecule has 0 saturated carbocycles. The Balaban J connectivity index is 1.50. The predicted octanol–water partition coefficient (Wildman–Crippen LogP) is 4.09. The molecule has 1 N–H and O–H groups in total. The van der Waals surface area contributed by atoms with E-state index >= 15 is 0 Å². The molecule has 8 heteroatoms. The second-order valence-corrected chi connectivity index (χ2v) is 8.21. The lowest BCUT2D eigenvalue weighted by Crippen LogP contribution is -2.14. The van der Waals surface area contributed by atoms with E-state index in [0.717, 1.165) is 31.2 Å². The number of fused-ring (bicyclic) bond motifs is 1. The smallest absolute Gasteiger partial charge is 0.322 e. The number of benzene rings is 2. The van der Waals surface area contributed by atoms with Crippen LogP contribution in [0.4, 0.5) is 10.1 Å². The molecule has 0 fully saturated rings. The van der Waals surface area contributed by atoms with Crippen LogP contribution in [0.2, 0.25) is 0 Å². The second-order valence-electron chi connectivity index (χ2n) is 6.53. The van der Waals surface area contributed by atoms with Gasteiger partial charge in [-0.1, -0.05) is 18.2 Å². The molecule has 4 rings (SSSR count). The molecule has 1 aromatic heterocycles. The van der Waals surface area contributed by atoms with E-state index in [1.54, 1.807) is 24.3 Å². The van der Waals surface area contributed by atoms with Crippen molar-refractivity contribution in [2.75, 3.05) is 4.72 Å². The van der Waals surface area contributed by atoms with Crippen molar-refractivity contribution in [2.24, 2.45) is 0 Å². The fraction of sp³-hybridized carbons (Fsp3) is 0.200. The van der Waals surface area contributed by atoms with Crippen LogP contribution in [0.1, 0.15) is 24.0 Å². The molecule has 6 nitrogen and oxygen atoms in total. The highest BCUT2D eigenvalue weighted by molar-refractivity contribution is 7.92. The highest BCUT2D eigenvalue weighted by Crippen LogP contribution is 2.26. The second kappa shape index (κ2) is 7.55. The maximum absolute atomic E-state index is 13.6. The van der Waals surface area contributed by atoms with E-state index in [0.29, 0.717) is 0 Å². The molecular formula is C20H18FN3O3S. The molecule has 144 valence electrons. The fourth-order valence-corrected chi connectivity index (χ4v) is 4.22. The lowest BCUT2D eigenvalue weighted by molar-refractivity contribution is 0.411. The van der Waals surface area contributed by atoms with E-state index in [4.69, 9.17) is 4.74 Å². The van der Waals surface area contributed by atoms with Gasteiger partial charge in [-0.2, -0.15) is 0 Å². The van der Waals surface area contributed by atoms with Crippen molar-refractivity contribution in [3.05, 3.63) is 71.8 Å². The molecule has 0 atom stereocenters. The Morgan fingerprint density at radius 1 is 0.964 bits per heavy atom. The zero-order valence-corrected chi connectivity index (χ0v) is 15.7. The Hall–Kier alpha value is -3.00. The molecule has 28 heavy (non-hydrogen) atoms. The van der Waals surface area contributed by atoms with Gasteiger partial charge in [0.2, 0.25) is 0 Å². The molecule has 0 unspecified atom stereocenters. The lowest BCUT2D eigenvalue weighted by Gasteiger charge is -2.17. The van der Waals surface area contributed by atoms with Crippen molar-refractivity contribution in [1.29, 1.82) is 0 Å². The van der Waals surface area contributed by atoms with Gasteiger partial charge in [-0.15, -0.1) is 0 Å². The summed E-state index contributed by atoms with van der Waals surface area (Å²) in [6.07, 6.45) is 6.64. The van der Waals surface area contributed by atoms with Crippen molar-refractivity contribution < 1.29 is 17.5 Å². The maximum atomic E-state index is 13.6. The van der Waals surface area contributed by atoms with Crippen LogP contribution in [0.5, 0.6) is 11.8 Å². The normalized spacial score (nSPS) is 13.6. The Kier molecular flexibility index (Phi) is 4.95. The van der Waals surface area contributed by atoms with E-state index < -0.39 is 15.8 Å². The highest BCUT2D eigenvalue weighted by Gasteiger charge is 2.18. The van der Waals surface area contributed by atoms with Gasteiger partial charge in [0.1, 0.15) is 0 Å². The number of aromatic nitrogens is 2. The molecule has 1 aliphatic carbocycles. The first-order valence-electron chi connectivity index (χ1n) is 8.90. The first-order valence-corrected chi connectivity index (χ1v) is 10.4. The van der Waals surface area contributed by atoms with E-state index in [9.17, 15) is 12.8 Å². The van der Waals surface area contributed by atoms with Gasteiger partial charge in [0, 0.05) is 0 Å². The van der Waals surface area contributed by atoms with Crippen molar-refractivity contribution >= 4 is 15.7 Å². The monoisotopic (exact) mass is 399 g/mol. The number of halogens is 1. The van der Waals surface area contributed by atoms with E-state index in [1.165, 1.54) is 30.1 Å². The third-order valence-electron chi connectivity index (χ3n) is 4.55. The van der Waals surface area contributed by atoms with Crippen LogP contribution in [0.15, 0.2) is 59.8 Å². The van der Waals surface area contributed by atoms with Crippen LogP contribution in [0, 0.1) is 5.82 Å². The summed E-state index contributed by atoms with van der Waals surface area (Å²) in [7, 11) is -3.76. The number of nitrogens with zero attached hydrogens (tertiary/aromatic N) is 2. The lowest BCUT2D eigenvalue weighted by atomic mass is 9.92. The quantitative estimate of drug-likeness (QED) is 0.699. The fourth-order valence-electron chi connectivity index (χ4n) is 3.14. The molecule has 0 bridgehead atoms. The van der Waals surface area contributed by atoms with Crippen LogP contribution in [0.25, 0.3) is 0 Å². The molecule has 0 amide bonds. The minimum atomic E-state index is -3.76. The molecular weight excluding hydrogens is 381 g/mol. The summed E-state index contributed by atoms with van der Waals surface area (Å²) in [5, 5.41) is 0. The number of hydrogen-bond acceptors (Lipinski definition) is 5. The number of ether oxygens (including phenoxy) is 1. The van der Waals surface area contributed by atoms with Crippen molar-refractivity contribution in [3.8, 4) is 11.8 Å². The molecule has 0 aliphatic heterocycles. The Bertz CT molecular complexity index is 1100. The summed E-state index contributed by atoms with van der Waals surface area (Å²) in [5.74, 6) is -0.548. The highest BCUT2D eigenvalue weighted by atomic mass is 32.2. The minimum Gasteiger partial charge on any atom is -0.421 e. The number of sulfonamides is 1. The predicted molar refractivity (Wildman–Crippen MR) is 102 cm³/mol. The number of hydrogen-bond donors (Lipinski definition) is 1. The van der Waals surface area contributed by atoms with Crippen molar-refractivity contribution in [1.82, 2.24) is 9.97 Å². The largest absolute Gasteiger partial charge is 0.421 e. The third kappa shape index (κ3) is 3.96. The number of para-hydroxylation sites is 1. The molecule has 0 saturated heterocycles. The SMILES string of the molecule is O=S(=O)(Nc1cnc(Oc2ccccc2F)nc1)c1ccc2c(c1)CCCC2. The van der Waals surface area contributed by atoms with Gasteiger partial charge in [-0.05, 0) is 61.1 Å². The van der Waals surface area contributed by atoms with E-state index in [2.05, 4.69) is 14.7 Å². The molecule has 1 heterocycles. The summed E-state index contributed by atoms with van der Waals surface area (Å²) in [6, 6.07) is 11.0. The van der Waals surface area contributed by atoms with E-state index in [1.807, 2.05) is 6.07 Å². The summed E-state index contributed by atoms with van der Waals surface area (Å²) >= 11 is 0. The molecule has 0 radical (unpaired) electrons. The molecule has 3 aromatic rings. The average Bonchev–Trinajstić information content (AvgIpc) is 2.70. The van der Waals surface area contributed by atoms with Gasteiger partial charge < -0.3 is 4.74 Å². The van der Waals surface area contributed by atoms with Crippen LogP contribution < -0.4 is 9.46 Å². The number of aryl methyl sites for hydroxylation is 2. The van der Waals surface area contributed by atoms with Crippen molar-refractivity contribution in [2.45, 2.75) is 30.6 Å². The zero-order chi connectivity index (χ0) is 19.6. The molecule has 0 spiro atoms. The first-order chi connectivity index (χ1) is 13.5. The average molecular weight is 399 g/mol. The van der Waals surface area contributed by atoms with Crippen LogP contribution in [0.3, 0.4) is 0 Å². The minimum absolute atomic E-state index is 0.00936. The number of nitrogens with one attached hydrogen (secondary N) is 1. The topological polar surface area (TPSA) is 81.2 Å². The Morgan fingerprint density at radius 3 is 2.43 bits per heavy atom. The maximum Gasteiger partial charge on any atom is 0.322 e. The number of anilines is 1. The van der Waals surface area contributed by atoms with Gasteiger partial charge in [-0.3, -0.25) is 4.72 Å². The van der Waals surface area contributed by atoms with Crippen molar-refractivity contribution in [3.63, 3.8) is 0 Å². The van der Waals surface area contributed by atoms with Crippen LogP contribution in [-0.4, -0.2) is 18.4 Å². The Labute approximate surface area is 162 Å². The summed E-state index contributed by atoms with van der Waals surface area (Å²) in [5.41, 5.74) is 2.49. The Morgan fingerprint density at radius 2 is 1.68 bits per heavy atom. The van der Waals surface area contributed by atoms with Gasteiger partial charge >= 0.3 is 6.01 Å². The van der Waals surface area contributed by atoms with Gasteiger partial charge in [0.15, 0.2) is 11.6 Å². The molecule has 1 aliphatic rings. The standard InChI is InChI=1S/C20H18FN3O3S/c21-18-7-3-4-8-19(18)27-20-22-12-16(13-23-20)24-28(25,26)17-10-9-14-5-1-2-6-15(14)11-17/h3-4,7-13,24H,1-2,5-6H2. The van der Waals surface area contributed by atoms with Gasteiger partial charge in [0.25, 0.3) is 10.0 Å².